The zero-order valence-corrected chi connectivity index (χ0v) is 14.7. The largest absolute Gasteiger partial charge is 0.308 e. The van der Waals surface area contributed by atoms with Gasteiger partial charge in [-0.3, -0.25) is 4.90 Å². The minimum absolute atomic E-state index is 0.391. The molecular formula is C19H30N4. The molecule has 2 saturated carbocycles. The van der Waals surface area contributed by atoms with Gasteiger partial charge in [-0.25, -0.2) is 0 Å². The van der Waals surface area contributed by atoms with Gasteiger partial charge in [0.15, 0.2) is 0 Å². The lowest BCUT2D eigenvalue weighted by molar-refractivity contribution is -0.112. The molecule has 3 rings (SSSR count). The first-order chi connectivity index (χ1) is 11.1. The summed E-state index contributed by atoms with van der Waals surface area (Å²) in [5.74, 6) is 0.931. The molecule has 0 aromatic carbocycles. The fourth-order valence-electron chi connectivity index (χ4n) is 5.61. The third-order valence-electron chi connectivity index (χ3n) is 6.76. The molecule has 0 aromatic rings. The van der Waals surface area contributed by atoms with E-state index in [0.717, 1.165) is 45.2 Å². The predicted octanol–water partition coefficient (Wildman–Crippen LogP) is 3.16. The molecule has 23 heavy (non-hydrogen) atoms. The van der Waals surface area contributed by atoms with Crippen molar-refractivity contribution in [3.8, 4) is 12.1 Å². The van der Waals surface area contributed by atoms with E-state index >= 15 is 0 Å². The highest BCUT2D eigenvalue weighted by Crippen LogP contribution is 2.55. The highest BCUT2D eigenvalue weighted by Gasteiger charge is 2.61. The highest BCUT2D eigenvalue weighted by molar-refractivity contribution is 5.27. The minimum atomic E-state index is -0.391. The van der Waals surface area contributed by atoms with Gasteiger partial charge in [-0.1, -0.05) is 25.7 Å². The zero-order chi connectivity index (χ0) is 16.5. The normalized spacial score (nSPS) is 40.7. The number of hydrogen-bond acceptors (Lipinski definition) is 4. The second-order valence-corrected chi connectivity index (χ2v) is 8.15. The number of nitriles is 2. The summed E-state index contributed by atoms with van der Waals surface area (Å²) < 4.78 is 0. The minimum Gasteiger partial charge on any atom is -0.308 e. The van der Waals surface area contributed by atoms with E-state index in [9.17, 15) is 10.5 Å². The summed E-state index contributed by atoms with van der Waals surface area (Å²) in [5.41, 5.74) is -0.782. The molecule has 0 radical (unpaired) electrons. The molecule has 2 aliphatic carbocycles. The Labute approximate surface area is 141 Å². The van der Waals surface area contributed by atoms with Crippen LogP contribution in [0.25, 0.3) is 0 Å². The van der Waals surface area contributed by atoms with Crippen molar-refractivity contribution in [2.75, 3.05) is 27.2 Å². The van der Waals surface area contributed by atoms with Crippen LogP contribution in [0.1, 0.15) is 57.8 Å². The lowest BCUT2D eigenvalue weighted by atomic mass is 9.57. The van der Waals surface area contributed by atoms with Crippen LogP contribution in [0.5, 0.6) is 0 Å². The maximum atomic E-state index is 10.2. The van der Waals surface area contributed by atoms with Crippen molar-refractivity contribution in [1.82, 2.24) is 9.80 Å². The van der Waals surface area contributed by atoms with E-state index in [1.165, 1.54) is 25.7 Å². The Morgan fingerprint density at radius 3 is 1.91 bits per heavy atom. The Morgan fingerprint density at radius 2 is 1.48 bits per heavy atom. The summed E-state index contributed by atoms with van der Waals surface area (Å²) in [5, 5.41) is 20.4. The summed E-state index contributed by atoms with van der Waals surface area (Å²) in [6.07, 6.45) is 10.1. The number of nitrogens with zero attached hydrogens (tertiary/aromatic N) is 4. The molecule has 3 fully saturated rings. The van der Waals surface area contributed by atoms with E-state index < -0.39 is 11.1 Å². The van der Waals surface area contributed by atoms with Crippen LogP contribution >= 0.6 is 0 Å². The first-order valence-electron chi connectivity index (χ1n) is 9.34. The van der Waals surface area contributed by atoms with Crippen molar-refractivity contribution in [2.24, 2.45) is 11.8 Å². The third-order valence-corrected chi connectivity index (χ3v) is 6.76. The van der Waals surface area contributed by atoms with E-state index in [1.807, 2.05) is 0 Å². The molecule has 4 nitrogen and oxygen atoms in total. The van der Waals surface area contributed by atoms with E-state index in [4.69, 9.17) is 0 Å². The van der Waals surface area contributed by atoms with Crippen molar-refractivity contribution in [2.45, 2.75) is 68.9 Å². The van der Waals surface area contributed by atoms with E-state index in [1.54, 1.807) is 0 Å². The Hall–Kier alpha value is -1.10. The fraction of sp³-hybridized carbons (Fsp3) is 0.895. The van der Waals surface area contributed by atoms with Crippen molar-refractivity contribution >= 4 is 0 Å². The Bertz CT molecular complexity index is 476. The molecule has 0 spiro atoms. The van der Waals surface area contributed by atoms with Crippen LogP contribution in [0.3, 0.4) is 0 Å². The van der Waals surface area contributed by atoms with Crippen molar-refractivity contribution < 1.29 is 0 Å². The average molecular weight is 314 g/mol. The molecule has 1 aliphatic heterocycles. The van der Waals surface area contributed by atoms with Crippen molar-refractivity contribution in [3.63, 3.8) is 0 Å². The maximum absolute atomic E-state index is 10.2. The predicted molar refractivity (Wildman–Crippen MR) is 90.5 cm³/mol. The molecule has 0 N–H and O–H groups in total. The van der Waals surface area contributed by atoms with Crippen LogP contribution in [-0.4, -0.2) is 48.1 Å². The first-order valence-corrected chi connectivity index (χ1v) is 9.34. The molecule has 3 aliphatic rings. The second kappa shape index (κ2) is 6.42. The Balaban J connectivity index is 2.02. The van der Waals surface area contributed by atoms with Crippen molar-refractivity contribution in [3.05, 3.63) is 0 Å². The van der Waals surface area contributed by atoms with Crippen LogP contribution in [0.2, 0.25) is 0 Å². The number of hydrogen-bond donors (Lipinski definition) is 0. The SMILES string of the molecule is CN(C)CCN1C2(C#N)CCCCC2CC2CCCCC21C#N. The molecule has 4 atom stereocenters. The number of likely N-dealkylation sites (N-methyl/N-ethyl adjacent to an activating group) is 1. The second-order valence-electron chi connectivity index (χ2n) is 8.15. The molecule has 1 saturated heterocycles. The Kier molecular flexibility index (Phi) is 4.68. The topological polar surface area (TPSA) is 54.1 Å². The standard InChI is InChI=1S/C19H30N4/c1-22(2)11-12-23-18(14-20)9-5-3-7-16(18)13-17-8-4-6-10-19(17,23)15-21/h16-17H,3-13H2,1-2H3. The van der Waals surface area contributed by atoms with Crippen LogP contribution in [0, 0.1) is 34.5 Å². The summed E-state index contributed by atoms with van der Waals surface area (Å²) in [6.45, 7) is 1.77. The zero-order valence-electron chi connectivity index (χ0n) is 14.7. The van der Waals surface area contributed by atoms with Gasteiger partial charge in [0.2, 0.25) is 0 Å². The Morgan fingerprint density at radius 1 is 0.957 bits per heavy atom. The number of piperidine rings is 1. The van der Waals surface area contributed by atoms with Crippen LogP contribution in [0.15, 0.2) is 0 Å². The summed E-state index contributed by atoms with van der Waals surface area (Å²) in [7, 11) is 4.16. The summed E-state index contributed by atoms with van der Waals surface area (Å²) in [6, 6.07) is 5.48. The number of likely N-dealkylation sites (tertiary alicyclic amines) is 1. The smallest absolute Gasteiger partial charge is 0.113 e. The molecule has 0 amide bonds. The fourth-order valence-corrected chi connectivity index (χ4v) is 5.61. The lowest BCUT2D eigenvalue weighted by Crippen LogP contribution is -2.71. The summed E-state index contributed by atoms with van der Waals surface area (Å²) in [4.78, 5) is 4.58. The van der Waals surface area contributed by atoms with Gasteiger partial charge in [0.1, 0.15) is 11.1 Å². The number of fused-ring (bicyclic) bond motifs is 2. The maximum Gasteiger partial charge on any atom is 0.113 e. The monoisotopic (exact) mass is 314 g/mol. The molecule has 126 valence electrons. The van der Waals surface area contributed by atoms with Gasteiger partial charge in [-0.15, -0.1) is 0 Å². The van der Waals surface area contributed by atoms with Gasteiger partial charge in [0.05, 0.1) is 12.1 Å². The highest BCUT2D eigenvalue weighted by atomic mass is 15.3. The van der Waals surface area contributed by atoms with Crippen LogP contribution in [0.4, 0.5) is 0 Å². The van der Waals surface area contributed by atoms with E-state index in [2.05, 4.69) is 36.0 Å². The summed E-state index contributed by atoms with van der Waals surface area (Å²) >= 11 is 0. The van der Waals surface area contributed by atoms with Crippen LogP contribution in [-0.2, 0) is 0 Å². The van der Waals surface area contributed by atoms with Gasteiger partial charge >= 0.3 is 0 Å². The molecule has 0 aromatic heterocycles. The number of rotatable bonds is 3. The third kappa shape index (κ3) is 2.57. The van der Waals surface area contributed by atoms with Gasteiger partial charge in [0, 0.05) is 13.1 Å². The van der Waals surface area contributed by atoms with Gasteiger partial charge in [-0.05, 0) is 58.0 Å². The molecule has 4 heteroatoms. The van der Waals surface area contributed by atoms with Gasteiger partial charge in [-0.2, -0.15) is 10.5 Å². The lowest BCUT2D eigenvalue weighted by Gasteiger charge is -2.61. The van der Waals surface area contributed by atoms with Crippen LogP contribution < -0.4 is 0 Å². The molecule has 0 bridgehead atoms. The average Bonchev–Trinajstić information content (AvgIpc) is 2.58. The molecular weight excluding hydrogens is 284 g/mol. The molecule has 1 heterocycles. The van der Waals surface area contributed by atoms with Crippen molar-refractivity contribution in [1.29, 1.82) is 10.5 Å². The molecule has 4 unspecified atom stereocenters. The van der Waals surface area contributed by atoms with E-state index in [0.29, 0.717) is 11.8 Å². The van der Waals surface area contributed by atoms with Gasteiger partial charge in [0.25, 0.3) is 0 Å². The quantitative estimate of drug-likeness (QED) is 0.803. The van der Waals surface area contributed by atoms with E-state index in [-0.39, 0.29) is 0 Å². The van der Waals surface area contributed by atoms with Gasteiger partial charge < -0.3 is 4.90 Å². The first kappa shape index (κ1) is 16.7.